The summed E-state index contributed by atoms with van der Waals surface area (Å²) in [5.74, 6) is -1.29. The molecule has 0 amide bonds. The Morgan fingerprint density at radius 3 is 2.00 bits per heavy atom. The molecule has 1 heterocycles. The van der Waals surface area contributed by atoms with Gasteiger partial charge in [-0.25, -0.2) is 9.59 Å². The topological polar surface area (TPSA) is 90.9 Å². The first-order chi connectivity index (χ1) is 15.0. The Kier molecular flexibility index (Phi) is 6.87. The number of carbonyl (C=O) groups is 3. The van der Waals surface area contributed by atoms with E-state index in [0.717, 1.165) is 0 Å². The van der Waals surface area contributed by atoms with Gasteiger partial charge in [-0.1, -0.05) is 42.5 Å². The van der Waals surface area contributed by atoms with Gasteiger partial charge >= 0.3 is 11.9 Å². The van der Waals surface area contributed by atoms with Crippen molar-refractivity contribution < 1.29 is 28.6 Å². The van der Waals surface area contributed by atoms with E-state index in [1.807, 2.05) is 0 Å². The maximum Gasteiger partial charge on any atom is 0.342 e. The molecule has 1 atom stereocenters. The fourth-order valence-corrected chi connectivity index (χ4v) is 3.48. The second-order valence-electron chi connectivity index (χ2n) is 6.89. The lowest BCUT2D eigenvalue weighted by Crippen LogP contribution is -2.56. The minimum absolute atomic E-state index is 0.0741. The number of carbonyl (C=O) groups excluding carboxylic acids is 3. The summed E-state index contributed by atoms with van der Waals surface area (Å²) in [5.41, 5.74) is -0.530. The average molecular weight is 423 g/mol. The van der Waals surface area contributed by atoms with E-state index in [9.17, 15) is 14.4 Å². The summed E-state index contributed by atoms with van der Waals surface area (Å²) in [6.07, 6.45) is 1.34. The van der Waals surface area contributed by atoms with Gasteiger partial charge in [-0.3, -0.25) is 10.1 Å². The molecule has 0 radical (unpaired) electrons. The normalized spacial score (nSPS) is 16.9. The summed E-state index contributed by atoms with van der Waals surface area (Å²) in [6, 6.07) is 15.0. The van der Waals surface area contributed by atoms with Gasteiger partial charge in [0.25, 0.3) is 0 Å². The number of ether oxygens (including phenoxy) is 3. The van der Waals surface area contributed by atoms with E-state index in [1.54, 1.807) is 75.6 Å². The van der Waals surface area contributed by atoms with Crippen LogP contribution in [-0.2, 0) is 19.1 Å². The lowest BCUT2D eigenvalue weighted by molar-refractivity contribution is -0.162. The van der Waals surface area contributed by atoms with Crippen LogP contribution in [0.2, 0.25) is 0 Å². The summed E-state index contributed by atoms with van der Waals surface area (Å²) in [4.78, 5) is 39.2. The predicted octanol–water partition coefficient (Wildman–Crippen LogP) is 3.01. The van der Waals surface area contributed by atoms with Crippen molar-refractivity contribution in [3.63, 3.8) is 0 Å². The monoisotopic (exact) mass is 423 g/mol. The first-order valence-corrected chi connectivity index (χ1v) is 10.0. The largest absolute Gasteiger partial charge is 0.497 e. The molecular weight excluding hydrogens is 398 g/mol. The summed E-state index contributed by atoms with van der Waals surface area (Å²) < 4.78 is 15.6. The van der Waals surface area contributed by atoms with Gasteiger partial charge < -0.3 is 14.2 Å². The number of benzene rings is 2. The number of rotatable bonds is 8. The van der Waals surface area contributed by atoms with Crippen molar-refractivity contribution >= 4 is 17.7 Å². The smallest absolute Gasteiger partial charge is 0.342 e. The minimum Gasteiger partial charge on any atom is -0.497 e. The van der Waals surface area contributed by atoms with E-state index >= 15 is 0 Å². The Labute approximate surface area is 181 Å². The molecule has 0 aliphatic carbocycles. The summed E-state index contributed by atoms with van der Waals surface area (Å²) in [7, 11) is 1.56. The number of ketones is 1. The van der Waals surface area contributed by atoms with Crippen LogP contribution in [0.25, 0.3) is 0 Å². The van der Waals surface area contributed by atoms with Gasteiger partial charge in [0.2, 0.25) is 5.54 Å². The minimum atomic E-state index is -1.92. The van der Waals surface area contributed by atoms with Crippen molar-refractivity contribution in [1.82, 2.24) is 5.32 Å². The molecule has 1 aliphatic heterocycles. The molecule has 2 aromatic rings. The van der Waals surface area contributed by atoms with Gasteiger partial charge in [0.15, 0.2) is 5.78 Å². The average Bonchev–Trinajstić information content (AvgIpc) is 3.22. The fourth-order valence-electron chi connectivity index (χ4n) is 3.48. The molecule has 0 bridgehead atoms. The van der Waals surface area contributed by atoms with E-state index in [-0.39, 0.29) is 24.6 Å². The van der Waals surface area contributed by atoms with Crippen molar-refractivity contribution in [2.75, 3.05) is 20.3 Å². The van der Waals surface area contributed by atoms with Crippen molar-refractivity contribution in [3.05, 3.63) is 77.4 Å². The number of Topliss-reactive ketones (excluding diaryl/α,β-unsaturated/α-hetero) is 1. The quantitative estimate of drug-likeness (QED) is 0.396. The van der Waals surface area contributed by atoms with Crippen LogP contribution >= 0.6 is 0 Å². The van der Waals surface area contributed by atoms with Gasteiger partial charge in [0.05, 0.1) is 26.4 Å². The van der Waals surface area contributed by atoms with Gasteiger partial charge in [0.1, 0.15) is 5.75 Å². The third kappa shape index (κ3) is 4.36. The third-order valence-corrected chi connectivity index (χ3v) is 5.00. The van der Waals surface area contributed by atoms with Gasteiger partial charge in [0, 0.05) is 11.1 Å². The Balaban J connectivity index is 2.12. The molecule has 2 aromatic carbocycles. The molecule has 3 rings (SSSR count). The number of hydrogen-bond donors (Lipinski definition) is 1. The Morgan fingerprint density at radius 1 is 0.903 bits per heavy atom. The molecule has 1 N–H and O–H groups in total. The number of methoxy groups -OCH3 is 1. The van der Waals surface area contributed by atoms with Crippen LogP contribution in [0.4, 0.5) is 0 Å². The molecule has 162 valence electrons. The lowest BCUT2D eigenvalue weighted by atomic mass is 9.93. The SMILES string of the molecule is CCOC(=O)C1(C(=O)OCC)C=C(C(=O)c2ccccc2)[C@@H](c2ccc(OC)cc2)N1. The van der Waals surface area contributed by atoms with Crippen LogP contribution in [0.15, 0.2) is 66.2 Å². The molecule has 7 nitrogen and oxygen atoms in total. The highest BCUT2D eigenvalue weighted by atomic mass is 16.6. The molecular formula is C24H25NO6. The molecule has 0 unspecified atom stereocenters. The second-order valence-corrected chi connectivity index (χ2v) is 6.89. The van der Waals surface area contributed by atoms with Crippen molar-refractivity contribution in [2.24, 2.45) is 0 Å². The van der Waals surface area contributed by atoms with Crippen molar-refractivity contribution in [1.29, 1.82) is 0 Å². The van der Waals surface area contributed by atoms with E-state index in [0.29, 0.717) is 16.9 Å². The van der Waals surface area contributed by atoms with E-state index in [1.165, 1.54) is 6.08 Å². The Hall–Kier alpha value is -3.45. The molecule has 31 heavy (non-hydrogen) atoms. The first-order valence-electron chi connectivity index (χ1n) is 10.0. The molecule has 0 saturated carbocycles. The Bertz CT molecular complexity index is 963. The number of nitrogens with one attached hydrogen (secondary N) is 1. The lowest BCUT2D eigenvalue weighted by Gasteiger charge is -2.26. The third-order valence-electron chi connectivity index (χ3n) is 5.00. The molecule has 7 heteroatoms. The van der Waals surface area contributed by atoms with Crippen molar-refractivity contribution in [3.8, 4) is 5.75 Å². The standard InChI is InChI=1S/C24H25NO6/c1-4-30-22(27)24(23(28)31-5-2)15-19(21(26)17-9-7-6-8-10-17)20(25-24)16-11-13-18(29-3)14-12-16/h6-15,20,25H,4-5H2,1-3H3/t20-/m1/s1. The van der Waals surface area contributed by atoms with E-state index < -0.39 is 23.5 Å². The maximum atomic E-state index is 13.4. The summed E-state index contributed by atoms with van der Waals surface area (Å²) >= 11 is 0. The second kappa shape index (κ2) is 9.57. The van der Waals surface area contributed by atoms with E-state index in [4.69, 9.17) is 14.2 Å². The molecule has 0 saturated heterocycles. The number of esters is 2. The van der Waals surface area contributed by atoms with Crippen LogP contribution in [0.5, 0.6) is 5.75 Å². The van der Waals surface area contributed by atoms with Gasteiger partial charge in [-0.15, -0.1) is 0 Å². The Morgan fingerprint density at radius 2 is 1.48 bits per heavy atom. The fraction of sp³-hybridized carbons (Fsp3) is 0.292. The summed E-state index contributed by atoms with van der Waals surface area (Å²) in [6.45, 7) is 3.44. The van der Waals surface area contributed by atoms with E-state index in [2.05, 4.69) is 5.32 Å². The number of hydrogen-bond acceptors (Lipinski definition) is 7. The van der Waals surface area contributed by atoms with Crippen LogP contribution in [0.3, 0.4) is 0 Å². The molecule has 0 fully saturated rings. The zero-order chi connectivity index (χ0) is 22.4. The van der Waals surface area contributed by atoms with Crippen LogP contribution < -0.4 is 10.1 Å². The zero-order valence-corrected chi connectivity index (χ0v) is 17.7. The predicted molar refractivity (Wildman–Crippen MR) is 114 cm³/mol. The highest BCUT2D eigenvalue weighted by Crippen LogP contribution is 2.37. The highest BCUT2D eigenvalue weighted by Gasteiger charge is 2.54. The highest BCUT2D eigenvalue weighted by molar-refractivity contribution is 6.15. The molecule has 0 spiro atoms. The van der Waals surface area contributed by atoms with Crippen LogP contribution in [-0.4, -0.2) is 43.6 Å². The van der Waals surface area contributed by atoms with Crippen molar-refractivity contribution in [2.45, 2.75) is 25.4 Å². The molecule has 1 aliphatic rings. The van der Waals surface area contributed by atoms with Gasteiger partial charge in [-0.2, -0.15) is 0 Å². The van der Waals surface area contributed by atoms with Gasteiger partial charge in [-0.05, 0) is 37.6 Å². The van der Waals surface area contributed by atoms with Crippen LogP contribution in [0.1, 0.15) is 35.8 Å². The summed E-state index contributed by atoms with van der Waals surface area (Å²) in [5, 5.41) is 3.02. The van der Waals surface area contributed by atoms with Crippen LogP contribution in [0, 0.1) is 0 Å². The zero-order valence-electron chi connectivity index (χ0n) is 17.7. The molecule has 0 aromatic heterocycles. The first kappa shape index (κ1) is 22.2. The maximum absolute atomic E-state index is 13.4.